The van der Waals surface area contributed by atoms with Crippen molar-refractivity contribution < 1.29 is 14.3 Å². The van der Waals surface area contributed by atoms with Crippen molar-refractivity contribution in [2.75, 3.05) is 59.0 Å². The number of hydrogen-bond donors (Lipinski definition) is 1. The second-order valence-corrected chi connectivity index (χ2v) is 8.55. The molecular formula is C23H35ClN4O3. The smallest absolute Gasteiger partial charge is 0.319 e. The van der Waals surface area contributed by atoms with Crippen molar-refractivity contribution in [2.45, 2.75) is 32.7 Å². The number of piperidine rings is 1. The molecule has 7 nitrogen and oxygen atoms in total. The Hall–Kier alpha value is -1.83. The molecule has 3 rings (SSSR count). The van der Waals surface area contributed by atoms with Gasteiger partial charge < -0.3 is 19.9 Å². The zero-order valence-corrected chi connectivity index (χ0v) is 19.4. The largest absolute Gasteiger partial charge is 0.379 e. The van der Waals surface area contributed by atoms with Crippen LogP contribution in [0.25, 0.3) is 0 Å². The van der Waals surface area contributed by atoms with Gasteiger partial charge in [0.1, 0.15) is 0 Å². The van der Waals surface area contributed by atoms with E-state index in [2.05, 4.69) is 10.2 Å². The van der Waals surface area contributed by atoms with Gasteiger partial charge in [-0.15, -0.1) is 0 Å². The number of benzene rings is 1. The summed E-state index contributed by atoms with van der Waals surface area (Å²) in [5.74, 6) is 0.0117. The van der Waals surface area contributed by atoms with Crippen LogP contribution in [0.3, 0.4) is 0 Å². The van der Waals surface area contributed by atoms with E-state index in [9.17, 15) is 9.59 Å². The molecule has 0 aliphatic carbocycles. The first-order chi connectivity index (χ1) is 15.0. The minimum absolute atomic E-state index is 0.0193. The van der Waals surface area contributed by atoms with Crippen LogP contribution in [0.2, 0.25) is 5.02 Å². The van der Waals surface area contributed by atoms with E-state index in [4.69, 9.17) is 16.3 Å². The van der Waals surface area contributed by atoms with Crippen LogP contribution in [0.15, 0.2) is 24.3 Å². The molecule has 8 heteroatoms. The summed E-state index contributed by atoms with van der Waals surface area (Å²) in [5.41, 5.74) is 1.03. The fourth-order valence-corrected chi connectivity index (χ4v) is 4.70. The lowest BCUT2D eigenvalue weighted by atomic mass is 9.95. The molecule has 1 N–H and O–H groups in total. The highest BCUT2D eigenvalue weighted by Crippen LogP contribution is 2.28. The second-order valence-electron chi connectivity index (χ2n) is 8.15. The standard InChI is InChI=1S/C23H35ClN4O3/c1-3-26(4-2)23(30)28-11-9-18(10-12-28)22(29)25-17-21(27-13-15-31-16-14-27)19-7-5-6-8-20(19)24/h5-8,18,21H,3-4,9-17H2,1-2H3,(H,25,29). The summed E-state index contributed by atoms with van der Waals surface area (Å²) < 4.78 is 5.50. The van der Waals surface area contributed by atoms with E-state index in [-0.39, 0.29) is 23.9 Å². The number of ether oxygens (including phenoxy) is 1. The second kappa shape index (κ2) is 11.7. The van der Waals surface area contributed by atoms with Gasteiger partial charge in [0.15, 0.2) is 0 Å². The molecule has 1 aromatic carbocycles. The number of nitrogens with one attached hydrogen (secondary N) is 1. The van der Waals surface area contributed by atoms with E-state index in [1.807, 2.05) is 47.9 Å². The molecule has 2 aliphatic rings. The third-order valence-electron chi connectivity index (χ3n) is 6.39. The van der Waals surface area contributed by atoms with Gasteiger partial charge in [-0.05, 0) is 38.3 Å². The van der Waals surface area contributed by atoms with Crippen molar-refractivity contribution in [3.8, 4) is 0 Å². The fraction of sp³-hybridized carbons (Fsp3) is 0.652. The SMILES string of the molecule is CCN(CC)C(=O)N1CCC(C(=O)NCC(c2ccccc2Cl)N2CCOCC2)CC1. The first-order valence-electron chi connectivity index (χ1n) is 11.4. The molecule has 172 valence electrons. The Labute approximate surface area is 190 Å². The Kier molecular flexibility index (Phi) is 8.99. The van der Waals surface area contributed by atoms with Crippen molar-refractivity contribution in [3.63, 3.8) is 0 Å². The van der Waals surface area contributed by atoms with Gasteiger partial charge in [-0.1, -0.05) is 29.8 Å². The molecule has 0 bridgehead atoms. The Morgan fingerprint density at radius 3 is 2.39 bits per heavy atom. The van der Waals surface area contributed by atoms with Crippen LogP contribution in [-0.4, -0.2) is 85.7 Å². The van der Waals surface area contributed by atoms with E-state index in [1.54, 1.807) is 0 Å². The van der Waals surface area contributed by atoms with Crippen LogP contribution in [-0.2, 0) is 9.53 Å². The van der Waals surface area contributed by atoms with Gasteiger partial charge in [-0.3, -0.25) is 9.69 Å². The number of urea groups is 1. The first-order valence-corrected chi connectivity index (χ1v) is 11.8. The van der Waals surface area contributed by atoms with Crippen molar-refractivity contribution in [2.24, 2.45) is 5.92 Å². The third kappa shape index (κ3) is 6.11. The minimum Gasteiger partial charge on any atom is -0.379 e. The van der Waals surface area contributed by atoms with E-state index >= 15 is 0 Å². The summed E-state index contributed by atoms with van der Waals surface area (Å²) in [6.45, 7) is 10.2. The lowest BCUT2D eigenvalue weighted by Gasteiger charge is -2.36. The molecule has 1 unspecified atom stereocenters. The van der Waals surface area contributed by atoms with Gasteiger partial charge >= 0.3 is 6.03 Å². The highest BCUT2D eigenvalue weighted by Gasteiger charge is 2.30. The molecule has 2 heterocycles. The third-order valence-corrected chi connectivity index (χ3v) is 6.73. The molecule has 31 heavy (non-hydrogen) atoms. The summed E-state index contributed by atoms with van der Waals surface area (Å²) >= 11 is 6.49. The molecule has 2 aliphatic heterocycles. The summed E-state index contributed by atoms with van der Waals surface area (Å²) in [5, 5.41) is 3.89. The van der Waals surface area contributed by atoms with Crippen LogP contribution in [0.4, 0.5) is 4.79 Å². The molecule has 2 fully saturated rings. The predicted octanol–water partition coefficient (Wildman–Crippen LogP) is 3.00. The number of carbonyl (C=O) groups is 2. The number of likely N-dealkylation sites (tertiary alicyclic amines) is 1. The number of rotatable bonds is 7. The van der Waals surface area contributed by atoms with Crippen LogP contribution in [0.5, 0.6) is 0 Å². The predicted molar refractivity (Wildman–Crippen MR) is 122 cm³/mol. The maximum atomic E-state index is 12.9. The molecule has 0 radical (unpaired) electrons. The minimum atomic E-state index is -0.0580. The maximum Gasteiger partial charge on any atom is 0.319 e. The van der Waals surface area contributed by atoms with E-state index in [0.29, 0.717) is 58.8 Å². The van der Waals surface area contributed by atoms with Crippen LogP contribution < -0.4 is 5.32 Å². The maximum absolute atomic E-state index is 12.9. The Bertz CT molecular complexity index is 729. The number of halogens is 1. The van der Waals surface area contributed by atoms with Crippen molar-refractivity contribution in [1.82, 2.24) is 20.0 Å². The summed E-state index contributed by atoms with van der Waals surface area (Å²) in [6, 6.07) is 7.94. The lowest BCUT2D eigenvalue weighted by molar-refractivity contribution is -0.126. The van der Waals surface area contributed by atoms with E-state index in [0.717, 1.165) is 23.7 Å². The van der Waals surface area contributed by atoms with Crippen molar-refractivity contribution >= 4 is 23.5 Å². The molecule has 0 aromatic heterocycles. The van der Waals surface area contributed by atoms with E-state index < -0.39 is 0 Å². The first kappa shape index (κ1) is 23.8. The van der Waals surface area contributed by atoms with Crippen molar-refractivity contribution in [1.29, 1.82) is 0 Å². The highest BCUT2D eigenvalue weighted by molar-refractivity contribution is 6.31. The molecule has 0 saturated carbocycles. The molecule has 2 saturated heterocycles. The molecule has 3 amide bonds. The molecule has 1 atom stereocenters. The monoisotopic (exact) mass is 450 g/mol. The molecular weight excluding hydrogens is 416 g/mol. The quantitative estimate of drug-likeness (QED) is 0.693. The average molecular weight is 451 g/mol. The summed E-state index contributed by atoms with van der Waals surface area (Å²) in [6.07, 6.45) is 1.40. The van der Waals surface area contributed by atoms with E-state index in [1.165, 1.54) is 0 Å². The van der Waals surface area contributed by atoms with Gasteiger partial charge in [-0.25, -0.2) is 4.79 Å². The Morgan fingerprint density at radius 1 is 1.13 bits per heavy atom. The number of amides is 3. The number of morpholine rings is 1. The zero-order chi connectivity index (χ0) is 22.2. The van der Waals surface area contributed by atoms with Gasteiger partial charge in [0.25, 0.3) is 0 Å². The van der Waals surface area contributed by atoms with Gasteiger partial charge in [0.05, 0.1) is 19.3 Å². The Balaban J connectivity index is 1.56. The topological polar surface area (TPSA) is 65.1 Å². The highest BCUT2D eigenvalue weighted by atomic mass is 35.5. The Morgan fingerprint density at radius 2 is 1.77 bits per heavy atom. The zero-order valence-electron chi connectivity index (χ0n) is 18.7. The fourth-order valence-electron chi connectivity index (χ4n) is 4.44. The average Bonchev–Trinajstić information content (AvgIpc) is 2.81. The van der Waals surface area contributed by atoms with Crippen LogP contribution >= 0.6 is 11.6 Å². The lowest BCUT2D eigenvalue weighted by Crippen LogP contribution is -2.49. The number of hydrogen-bond acceptors (Lipinski definition) is 4. The van der Waals surface area contributed by atoms with Gasteiger partial charge in [0.2, 0.25) is 5.91 Å². The normalized spacial score (nSPS) is 19.1. The molecule has 0 spiro atoms. The van der Waals surface area contributed by atoms with Gasteiger partial charge in [0, 0.05) is 56.8 Å². The van der Waals surface area contributed by atoms with Gasteiger partial charge in [-0.2, -0.15) is 0 Å². The summed E-state index contributed by atoms with van der Waals surface area (Å²) in [7, 11) is 0. The number of carbonyl (C=O) groups excluding carboxylic acids is 2. The van der Waals surface area contributed by atoms with Crippen molar-refractivity contribution in [3.05, 3.63) is 34.9 Å². The van der Waals surface area contributed by atoms with Crippen LogP contribution in [0, 0.1) is 5.92 Å². The summed E-state index contributed by atoms with van der Waals surface area (Å²) in [4.78, 5) is 31.5. The van der Waals surface area contributed by atoms with Crippen LogP contribution in [0.1, 0.15) is 38.3 Å². The molecule has 1 aromatic rings. The number of nitrogens with zero attached hydrogens (tertiary/aromatic N) is 3.